The van der Waals surface area contributed by atoms with Crippen LogP contribution in [0.1, 0.15) is 12.7 Å². The lowest BCUT2D eigenvalue weighted by Crippen LogP contribution is -2.03. The highest BCUT2D eigenvalue weighted by Gasteiger charge is 2.24. The van der Waals surface area contributed by atoms with Gasteiger partial charge in [-0.1, -0.05) is 237 Å². The zero-order valence-electron chi connectivity index (χ0n) is 37.3. The molecule has 11 aromatic carbocycles. The van der Waals surface area contributed by atoms with Crippen LogP contribution in [0.3, 0.4) is 0 Å². The van der Waals surface area contributed by atoms with E-state index in [0.717, 1.165) is 23.3 Å². The molecular weight excluding hydrogens is 809 g/mol. The lowest BCUT2D eigenvalue weighted by Gasteiger charge is -2.24. The van der Waals surface area contributed by atoms with Crippen molar-refractivity contribution < 1.29 is 0 Å². The highest BCUT2D eigenvalue weighted by Crippen LogP contribution is 2.50. The van der Waals surface area contributed by atoms with Gasteiger partial charge in [0.15, 0.2) is 0 Å². The van der Waals surface area contributed by atoms with Crippen LogP contribution in [0.2, 0.25) is 0 Å². The van der Waals surface area contributed by atoms with Crippen LogP contribution in [0.25, 0.3) is 116 Å². The van der Waals surface area contributed by atoms with Crippen LogP contribution in [0.5, 0.6) is 0 Å². The standard InChI is InChI=1S/C65H46N2/c1-2-60-66-58-33-19-20-34-59(58)67(60)65-54-31-17-15-29-52(54)61(53-30-16-18-32-55(53)65)51-41-37-45(38-42-51)44-35-39-47(40-36-44)57-43-56(46-21-7-3-8-22-46)62(48-23-9-4-10-24-48)64(50-27-13-6-14-28-50)63(57)49-25-11-5-12-26-49/h3-43H,2H2,1H3. The summed E-state index contributed by atoms with van der Waals surface area (Å²) in [6.07, 6.45) is 0.833. The Kier molecular flexibility index (Phi) is 10.2. The van der Waals surface area contributed by atoms with Crippen molar-refractivity contribution in [2.45, 2.75) is 13.3 Å². The molecule has 0 amide bonds. The zero-order chi connectivity index (χ0) is 44.7. The number of imidazole rings is 1. The number of hydrogen-bond donors (Lipinski definition) is 0. The molecule has 0 saturated carbocycles. The summed E-state index contributed by atoms with van der Waals surface area (Å²) in [6, 6.07) is 90.6. The molecule has 12 rings (SSSR count). The fraction of sp³-hybridized carbons (Fsp3) is 0.0308. The van der Waals surface area contributed by atoms with E-state index in [1.165, 1.54) is 105 Å². The molecule has 12 aromatic rings. The van der Waals surface area contributed by atoms with Crippen molar-refractivity contribution in [3.63, 3.8) is 0 Å². The maximum atomic E-state index is 5.09. The van der Waals surface area contributed by atoms with Crippen molar-refractivity contribution in [2.24, 2.45) is 0 Å². The summed E-state index contributed by atoms with van der Waals surface area (Å²) in [7, 11) is 0. The number of rotatable bonds is 9. The fourth-order valence-corrected chi connectivity index (χ4v) is 10.4. The third-order valence-electron chi connectivity index (χ3n) is 13.4. The van der Waals surface area contributed by atoms with E-state index in [9.17, 15) is 0 Å². The molecule has 0 radical (unpaired) electrons. The minimum absolute atomic E-state index is 0.833. The van der Waals surface area contributed by atoms with E-state index < -0.39 is 0 Å². The van der Waals surface area contributed by atoms with Crippen molar-refractivity contribution in [1.82, 2.24) is 9.55 Å². The topological polar surface area (TPSA) is 17.8 Å². The van der Waals surface area contributed by atoms with Crippen LogP contribution in [0.15, 0.2) is 249 Å². The number of fused-ring (bicyclic) bond motifs is 3. The largest absolute Gasteiger partial charge is 0.295 e. The van der Waals surface area contributed by atoms with E-state index in [1.807, 2.05) is 0 Å². The molecule has 0 saturated heterocycles. The van der Waals surface area contributed by atoms with Gasteiger partial charge in [-0.05, 0) is 107 Å². The summed E-state index contributed by atoms with van der Waals surface area (Å²) < 4.78 is 2.39. The number of aromatic nitrogens is 2. The first kappa shape index (κ1) is 40.0. The van der Waals surface area contributed by atoms with E-state index >= 15 is 0 Å². The van der Waals surface area contributed by atoms with Gasteiger partial charge in [-0.2, -0.15) is 0 Å². The molecule has 0 N–H and O–H groups in total. The quantitative estimate of drug-likeness (QED) is 0.132. The normalized spacial score (nSPS) is 11.4. The van der Waals surface area contributed by atoms with Crippen molar-refractivity contribution >= 4 is 32.6 Å². The molecule has 0 unspecified atom stereocenters. The van der Waals surface area contributed by atoms with Gasteiger partial charge in [0, 0.05) is 17.2 Å². The van der Waals surface area contributed by atoms with Gasteiger partial charge in [0.1, 0.15) is 5.82 Å². The Hall–Kier alpha value is -8.59. The number of nitrogens with zero attached hydrogens (tertiary/aromatic N) is 2. The molecule has 2 nitrogen and oxygen atoms in total. The van der Waals surface area contributed by atoms with E-state index in [-0.39, 0.29) is 0 Å². The number of hydrogen-bond acceptors (Lipinski definition) is 1. The molecule has 0 spiro atoms. The minimum atomic E-state index is 0.833. The van der Waals surface area contributed by atoms with E-state index in [0.29, 0.717) is 0 Å². The average molecular weight is 855 g/mol. The van der Waals surface area contributed by atoms with Crippen LogP contribution >= 0.6 is 0 Å². The van der Waals surface area contributed by atoms with Crippen molar-refractivity contribution in [3.8, 4) is 83.6 Å². The van der Waals surface area contributed by atoms with Gasteiger partial charge < -0.3 is 0 Å². The van der Waals surface area contributed by atoms with Gasteiger partial charge in [0.2, 0.25) is 0 Å². The summed E-state index contributed by atoms with van der Waals surface area (Å²) in [4.78, 5) is 5.09. The molecule has 0 aliphatic rings. The minimum Gasteiger partial charge on any atom is -0.295 e. The van der Waals surface area contributed by atoms with Crippen LogP contribution < -0.4 is 0 Å². The lowest BCUT2D eigenvalue weighted by atomic mass is 9.79. The van der Waals surface area contributed by atoms with Crippen molar-refractivity contribution in [1.29, 1.82) is 0 Å². The molecule has 0 atom stereocenters. The van der Waals surface area contributed by atoms with E-state index in [2.05, 4.69) is 260 Å². The van der Waals surface area contributed by atoms with Gasteiger partial charge in [0.25, 0.3) is 0 Å². The maximum Gasteiger partial charge on any atom is 0.114 e. The highest BCUT2D eigenvalue weighted by atomic mass is 15.1. The number of benzene rings is 11. The first-order valence-electron chi connectivity index (χ1n) is 23.3. The smallest absolute Gasteiger partial charge is 0.114 e. The van der Waals surface area contributed by atoms with Crippen molar-refractivity contribution in [2.75, 3.05) is 0 Å². The van der Waals surface area contributed by atoms with E-state index in [1.54, 1.807) is 0 Å². The third-order valence-corrected chi connectivity index (χ3v) is 13.4. The van der Waals surface area contributed by atoms with E-state index in [4.69, 9.17) is 4.98 Å². The lowest BCUT2D eigenvalue weighted by molar-refractivity contribution is 0.917. The Morgan fingerprint density at radius 2 is 0.672 bits per heavy atom. The Morgan fingerprint density at radius 3 is 1.16 bits per heavy atom. The molecule has 316 valence electrons. The first-order valence-corrected chi connectivity index (χ1v) is 23.3. The number of aryl methyl sites for hydroxylation is 1. The fourth-order valence-electron chi connectivity index (χ4n) is 10.4. The molecule has 67 heavy (non-hydrogen) atoms. The molecule has 0 bridgehead atoms. The summed E-state index contributed by atoms with van der Waals surface area (Å²) in [5.74, 6) is 1.06. The summed E-state index contributed by atoms with van der Waals surface area (Å²) >= 11 is 0. The number of para-hydroxylation sites is 2. The van der Waals surface area contributed by atoms with Gasteiger partial charge in [0.05, 0.1) is 16.7 Å². The van der Waals surface area contributed by atoms with Crippen LogP contribution in [0.4, 0.5) is 0 Å². The highest BCUT2D eigenvalue weighted by molar-refractivity contribution is 6.19. The van der Waals surface area contributed by atoms with Gasteiger partial charge in [-0.3, -0.25) is 4.57 Å². The predicted molar refractivity (Wildman–Crippen MR) is 284 cm³/mol. The first-order chi connectivity index (χ1) is 33.2. The second-order valence-electron chi connectivity index (χ2n) is 17.2. The third kappa shape index (κ3) is 7.02. The molecule has 2 heteroatoms. The summed E-state index contributed by atoms with van der Waals surface area (Å²) in [5, 5.41) is 4.88. The summed E-state index contributed by atoms with van der Waals surface area (Å²) in [6.45, 7) is 2.19. The SMILES string of the molecule is CCc1nc2ccccc2n1-c1c2ccccc2c(-c2ccc(-c3ccc(-c4cc(-c5ccccc5)c(-c5ccccc5)c(-c5ccccc5)c4-c4ccccc4)cc3)cc2)c2ccccc12. The monoisotopic (exact) mass is 854 g/mol. The molecule has 0 aliphatic carbocycles. The van der Waals surface area contributed by atoms with Crippen molar-refractivity contribution in [3.05, 3.63) is 255 Å². The zero-order valence-corrected chi connectivity index (χ0v) is 37.3. The maximum absolute atomic E-state index is 5.09. The molecule has 0 fully saturated rings. The van der Waals surface area contributed by atoms with Crippen LogP contribution in [-0.2, 0) is 6.42 Å². The second kappa shape index (κ2) is 17.1. The van der Waals surface area contributed by atoms with Crippen LogP contribution in [-0.4, -0.2) is 9.55 Å². The Morgan fingerprint density at radius 1 is 0.313 bits per heavy atom. The Bertz CT molecular complexity index is 3670. The van der Waals surface area contributed by atoms with Gasteiger partial charge in [-0.15, -0.1) is 0 Å². The second-order valence-corrected chi connectivity index (χ2v) is 17.2. The average Bonchev–Trinajstić information content (AvgIpc) is 3.79. The molecule has 1 aromatic heterocycles. The van der Waals surface area contributed by atoms with Gasteiger partial charge >= 0.3 is 0 Å². The molecule has 0 aliphatic heterocycles. The Labute approximate surface area is 391 Å². The Balaban J connectivity index is 0.998. The predicted octanol–water partition coefficient (Wildman–Crippen LogP) is 17.6. The summed E-state index contributed by atoms with van der Waals surface area (Å²) in [5.41, 5.74) is 20.1. The van der Waals surface area contributed by atoms with Crippen LogP contribution in [0, 0.1) is 0 Å². The molecule has 1 heterocycles. The van der Waals surface area contributed by atoms with Gasteiger partial charge in [-0.25, -0.2) is 4.98 Å². The molecular formula is C65H46N2.